The summed E-state index contributed by atoms with van der Waals surface area (Å²) < 4.78 is 51.3. The third-order valence-corrected chi connectivity index (χ3v) is 9.03. The normalized spacial score (nSPS) is 18.9. The second-order valence-corrected chi connectivity index (χ2v) is 12.0. The summed E-state index contributed by atoms with van der Waals surface area (Å²) in [6, 6.07) is 5.01. The van der Waals surface area contributed by atoms with Gasteiger partial charge in [0.2, 0.25) is 0 Å². The van der Waals surface area contributed by atoms with Gasteiger partial charge in [0.25, 0.3) is 5.56 Å². The highest BCUT2D eigenvalue weighted by Gasteiger charge is 2.41. The SMILES string of the molecule is CCCn1c(=O)c2c(nc(-c3cnn(Cc4cccc(C(F)(F)F)c4)c3)n2COC(=O)C2(CC)CCC(C)CC2)n(CC)c1=O. The Morgan fingerprint density at radius 1 is 1.09 bits per heavy atom. The van der Waals surface area contributed by atoms with Gasteiger partial charge in [-0.15, -0.1) is 0 Å². The smallest absolute Gasteiger partial charge is 0.416 e. The first-order valence-electron chi connectivity index (χ1n) is 15.5. The van der Waals surface area contributed by atoms with Crippen LogP contribution in [-0.4, -0.2) is 34.4 Å². The first kappa shape index (κ1) is 32.2. The van der Waals surface area contributed by atoms with E-state index < -0.39 is 28.4 Å². The molecule has 4 aromatic rings. The molecule has 3 aromatic heterocycles. The van der Waals surface area contributed by atoms with Crippen LogP contribution in [0.15, 0.2) is 46.2 Å². The maximum absolute atomic E-state index is 13.8. The Labute approximate surface area is 258 Å². The highest BCUT2D eigenvalue weighted by Crippen LogP contribution is 2.42. The van der Waals surface area contributed by atoms with Gasteiger partial charge in [-0.05, 0) is 69.1 Å². The maximum Gasteiger partial charge on any atom is 0.416 e. The van der Waals surface area contributed by atoms with Gasteiger partial charge >= 0.3 is 17.8 Å². The van der Waals surface area contributed by atoms with E-state index in [1.54, 1.807) is 19.2 Å². The number of alkyl halides is 3. The lowest BCUT2D eigenvalue weighted by atomic mass is 9.69. The summed E-state index contributed by atoms with van der Waals surface area (Å²) in [5, 5.41) is 4.34. The second kappa shape index (κ2) is 12.7. The summed E-state index contributed by atoms with van der Waals surface area (Å²) in [6.07, 6.45) is 3.12. The van der Waals surface area contributed by atoms with E-state index in [1.807, 2.05) is 13.8 Å². The molecule has 0 aliphatic heterocycles. The lowest BCUT2D eigenvalue weighted by Crippen LogP contribution is -2.40. The molecule has 5 rings (SSSR count). The van der Waals surface area contributed by atoms with Crippen LogP contribution in [0.4, 0.5) is 13.2 Å². The van der Waals surface area contributed by atoms with E-state index in [1.165, 1.54) is 30.6 Å². The Morgan fingerprint density at radius 2 is 1.82 bits per heavy atom. The van der Waals surface area contributed by atoms with E-state index in [0.717, 1.165) is 37.8 Å². The number of hydrogen-bond acceptors (Lipinski definition) is 6. The van der Waals surface area contributed by atoms with Crippen molar-refractivity contribution >= 4 is 17.1 Å². The summed E-state index contributed by atoms with van der Waals surface area (Å²) in [7, 11) is 0. The van der Waals surface area contributed by atoms with E-state index in [2.05, 4.69) is 12.0 Å². The molecule has 3 heterocycles. The van der Waals surface area contributed by atoms with Crippen LogP contribution in [-0.2, 0) is 42.1 Å². The number of benzene rings is 1. The molecule has 1 aromatic carbocycles. The van der Waals surface area contributed by atoms with Crippen molar-refractivity contribution in [1.82, 2.24) is 28.5 Å². The molecule has 1 saturated carbocycles. The van der Waals surface area contributed by atoms with Crippen molar-refractivity contribution < 1.29 is 22.7 Å². The van der Waals surface area contributed by atoms with Crippen LogP contribution >= 0.6 is 0 Å². The van der Waals surface area contributed by atoms with E-state index >= 15 is 0 Å². The molecule has 0 N–H and O–H groups in total. The summed E-state index contributed by atoms with van der Waals surface area (Å²) in [6.45, 7) is 8.02. The number of nitrogens with zero attached hydrogens (tertiary/aromatic N) is 6. The quantitative estimate of drug-likeness (QED) is 0.205. The zero-order valence-corrected chi connectivity index (χ0v) is 26.1. The average Bonchev–Trinajstić information content (AvgIpc) is 3.63. The highest BCUT2D eigenvalue weighted by atomic mass is 19.4. The first-order valence-corrected chi connectivity index (χ1v) is 15.5. The number of carbonyl (C=O) groups excluding carboxylic acids is 1. The predicted molar refractivity (Wildman–Crippen MR) is 162 cm³/mol. The fraction of sp³-hybridized carbons (Fsp3) is 0.531. The molecule has 13 heteroatoms. The van der Waals surface area contributed by atoms with Gasteiger partial charge in [0, 0.05) is 19.3 Å². The molecule has 1 aliphatic rings. The average molecular weight is 629 g/mol. The second-order valence-electron chi connectivity index (χ2n) is 12.0. The van der Waals surface area contributed by atoms with Gasteiger partial charge in [0.05, 0.1) is 29.3 Å². The largest absolute Gasteiger partial charge is 0.443 e. The number of aryl methyl sites for hydroxylation is 1. The number of hydrogen-bond donors (Lipinski definition) is 0. The molecule has 0 spiro atoms. The lowest BCUT2D eigenvalue weighted by molar-refractivity contribution is -0.163. The van der Waals surface area contributed by atoms with E-state index in [0.29, 0.717) is 29.9 Å². The molecule has 10 nitrogen and oxygen atoms in total. The first-order chi connectivity index (χ1) is 21.4. The molecule has 1 fully saturated rings. The zero-order chi connectivity index (χ0) is 32.5. The Kier molecular flexibility index (Phi) is 9.09. The van der Waals surface area contributed by atoms with Crippen molar-refractivity contribution in [2.24, 2.45) is 11.3 Å². The number of fused-ring (bicyclic) bond motifs is 1. The van der Waals surface area contributed by atoms with Crippen LogP contribution in [0, 0.1) is 11.3 Å². The van der Waals surface area contributed by atoms with Gasteiger partial charge in [-0.25, -0.2) is 9.78 Å². The number of imidazole rings is 1. The Hall–Kier alpha value is -4.16. The molecule has 0 bridgehead atoms. The molecule has 0 amide bonds. The molecule has 0 atom stereocenters. The summed E-state index contributed by atoms with van der Waals surface area (Å²) in [5.74, 6) is 0.462. The van der Waals surface area contributed by atoms with Crippen LogP contribution in [0.1, 0.15) is 77.3 Å². The van der Waals surface area contributed by atoms with Crippen molar-refractivity contribution in [3.63, 3.8) is 0 Å². The van der Waals surface area contributed by atoms with E-state index in [9.17, 15) is 27.6 Å². The number of carbonyl (C=O) groups is 1. The summed E-state index contributed by atoms with van der Waals surface area (Å²) in [5.41, 5.74) is -1.25. The molecule has 45 heavy (non-hydrogen) atoms. The fourth-order valence-corrected chi connectivity index (χ4v) is 6.23. The van der Waals surface area contributed by atoms with Gasteiger partial charge in [0.1, 0.15) is 5.82 Å². The van der Waals surface area contributed by atoms with Crippen LogP contribution in [0.2, 0.25) is 0 Å². The van der Waals surface area contributed by atoms with Crippen LogP contribution in [0.3, 0.4) is 0 Å². The monoisotopic (exact) mass is 628 g/mol. The van der Waals surface area contributed by atoms with Crippen LogP contribution in [0.5, 0.6) is 0 Å². The van der Waals surface area contributed by atoms with Gasteiger partial charge in [-0.2, -0.15) is 18.3 Å². The fourth-order valence-electron chi connectivity index (χ4n) is 6.23. The van der Waals surface area contributed by atoms with Crippen molar-refractivity contribution in [2.75, 3.05) is 0 Å². The minimum absolute atomic E-state index is 0.0551. The topological polar surface area (TPSA) is 106 Å². The van der Waals surface area contributed by atoms with Crippen molar-refractivity contribution in [3.8, 4) is 11.4 Å². The zero-order valence-electron chi connectivity index (χ0n) is 26.1. The highest BCUT2D eigenvalue weighted by molar-refractivity contribution is 5.78. The number of aromatic nitrogens is 6. The predicted octanol–water partition coefficient (Wildman–Crippen LogP) is 5.83. The number of ether oxygens (including phenoxy) is 1. The Balaban J connectivity index is 1.57. The molecular weight excluding hydrogens is 589 g/mol. The third-order valence-electron chi connectivity index (χ3n) is 9.03. The minimum Gasteiger partial charge on any atom is -0.443 e. The maximum atomic E-state index is 13.8. The van der Waals surface area contributed by atoms with Gasteiger partial charge < -0.3 is 4.74 Å². The molecule has 0 radical (unpaired) electrons. The van der Waals surface area contributed by atoms with Crippen LogP contribution in [0.25, 0.3) is 22.6 Å². The van der Waals surface area contributed by atoms with Crippen molar-refractivity contribution in [1.29, 1.82) is 0 Å². The molecule has 242 valence electrons. The molecular formula is C32H39F3N6O4. The third kappa shape index (κ3) is 6.21. The molecule has 0 saturated heterocycles. The van der Waals surface area contributed by atoms with Crippen molar-refractivity contribution in [3.05, 3.63) is 68.6 Å². The molecule has 1 aliphatic carbocycles. The van der Waals surface area contributed by atoms with Crippen molar-refractivity contribution in [2.45, 2.75) is 98.8 Å². The van der Waals surface area contributed by atoms with Gasteiger partial charge in [0.15, 0.2) is 17.9 Å². The summed E-state index contributed by atoms with van der Waals surface area (Å²) in [4.78, 5) is 45.3. The Morgan fingerprint density at radius 3 is 2.47 bits per heavy atom. The van der Waals surface area contributed by atoms with Gasteiger partial charge in [-0.1, -0.05) is 32.9 Å². The molecule has 0 unspecified atom stereocenters. The van der Waals surface area contributed by atoms with Crippen LogP contribution < -0.4 is 11.2 Å². The standard InChI is InChI=1S/C32H39F3N6O4/c1-5-15-40-28(42)25-27(39(7-3)30(40)44)37-26(41(25)20-45-29(43)31(6-2)13-11-21(4)12-14-31)23-17-36-38(19-23)18-22-9-8-10-24(16-22)32(33,34)35/h8-10,16-17,19,21H,5-7,11-15,18,20H2,1-4H3. The van der Waals surface area contributed by atoms with E-state index in [-0.39, 0.29) is 49.3 Å². The number of esters is 1. The number of rotatable bonds is 10. The summed E-state index contributed by atoms with van der Waals surface area (Å²) >= 11 is 0. The number of halogens is 3. The van der Waals surface area contributed by atoms with Gasteiger partial charge in [-0.3, -0.25) is 28.0 Å². The minimum atomic E-state index is -4.47. The van der Waals surface area contributed by atoms with E-state index in [4.69, 9.17) is 9.72 Å². The Bertz CT molecular complexity index is 1810. The lowest BCUT2D eigenvalue weighted by Gasteiger charge is -2.36.